The predicted molar refractivity (Wildman–Crippen MR) is 73.2 cm³/mol. The monoisotopic (exact) mass is 303 g/mol. The van der Waals surface area contributed by atoms with Crippen LogP contribution in [0.15, 0.2) is 47.5 Å². The van der Waals surface area contributed by atoms with Gasteiger partial charge in [0.1, 0.15) is 5.82 Å². The second kappa shape index (κ2) is 5.60. The number of carboxylic acid groups (broad SMARTS) is 1. The molecular weight excluding hydrogens is 294 g/mol. The zero-order valence-corrected chi connectivity index (χ0v) is 11.3. The molecule has 7 nitrogen and oxygen atoms in total. The Labute approximate surface area is 120 Å². The van der Waals surface area contributed by atoms with Crippen LogP contribution in [0.3, 0.4) is 0 Å². The van der Waals surface area contributed by atoms with E-state index >= 15 is 0 Å². The van der Waals surface area contributed by atoms with Gasteiger partial charge in [0.25, 0.3) is 10.0 Å². The highest BCUT2D eigenvalue weighted by Crippen LogP contribution is 2.15. The van der Waals surface area contributed by atoms with Crippen LogP contribution in [0, 0.1) is 11.3 Å². The number of nitrogens with zero attached hydrogens (tertiary/aromatic N) is 2. The maximum Gasteiger partial charge on any atom is 0.337 e. The second-order valence-corrected chi connectivity index (χ2v) is 5.66. The van der Waals surface area contributed by atoms with Gasteiger partial charge >= 0.3 is 5.97 Å². The third-order valence-corrected chi connectivity index (χ3v) is 3.88. The van der Waals surface area contributed by atoms with E-state index in [9.17, 15) is 13.2 Å². The highest BCUT2D eigenvalue weighted by molar-refractivity contribution is 7.92. The Morgan fingerprint density at radius 3 is 2.62 bits per heavy atom. The van der Waals surface area contributed by atoms with Crippen molar-refractivity contribution in [3.63, 3.8) is 0 Å². The summed E-state index contributed by atoms with van der Waals surface area (Å²) in [6.45, 7) is 0. The lowest BCUT2D eigenvalue weighted by Crippen LogP contribution is -2.14. The molecule has 2 aromatic rings. The summed E-state index contributed by atoms with van der Waals surface area (Å²) in [6, 6.07) is 9.84. The number of sulfonamides is 1. The number of anilines is 1. The first-order valence-corrected chi connectivity index (χ1v) is 7.13. The first kappa shape index (κ1) is 14.5. The quantitative estimate of drug-likeness (QED) is 0.882. The highest BCUT2D eigenvalue weighted by Gasteiger charge is 2.15. The lowest BCUT2D eigenvalue weighted by molar-refractivity contribution is 0.0696. The Morgan fingerprint density at radius 2 is 2.05 bits per heavy atom. The van der Waals surface area contributed by atoms with Gasteiger partial charge in [-0.1, -0.05) is 6.07 Å². The summed E-state index contributed by atoms with van der Waals surface area (Å²) in [7, 11) is -3.89. The van der Waals surface area contributed by atoms with Gasteiger partial charge in [-0.15, -0.1) is 0 Å². The van der Waals surface area contributed by atoms with Gasteiger partial charge in [-0.3, -0.25) is 4.72 Å². The van der Waals surface area contributed by atoms with E-state index in [4.69, 9.17) is 10.4 Å². The molecule has 0 spiro atoms. The van der Waals surface area contributed by atoms with Gasteiger partial charge in [-0.05, 0) is 30.3 Å². The number of hydrogen-bond donors (Lipinski definition) is 2. The van der Waals surface area contributed by atoms with E-state index in [0.29, 0.717) is 0 Å². The minimum atomic E-state index is -3.89. The normalized spacial score (nSPS) is 10.6. The van der Waals surface area contributed by atoms with E-state index in [-0.39, 0.29) is 21.8 Å². The summed E-state index contributed by atoms with van der Waals surface area (Å²) in [5, 5.41) is 17.5. The molecule has 0 fully saturated rings. The zero-order valence-electron chi connectivity index (χ0n) is 10.5. The first-order valence-electron chi connectivity index (χ1n) is 5.65. The van der Waals surface area contributed by atoms with E-state index in [2.05, 4.69) is 9.71 Å². The Kier molecular flexibility index (Phi) is 3.86. The summed E-state index contributed by atoms with van der Waals surface area (Å²) < 4.78 is 26.4. The molecule has 0 amide bonds. The lowest BCUT2D eigenvalue weighted by Gasteiger charge is -2.07. The number of benzene rings is 1. The molecule has 21 heavy (non-hydrogen) atoms. The molecule has 0 aliphatic heterocycles. The van der Waals surface area contributed by atoms with Crippen LogP contribution in [-0.2, 0) is 10.0 Å². The van der Waals surface area contributed by atoms with Gasteiger partial charge in [0.15, 0.2) is 0 Å². The van der Waals surface area contributed by atoms with Crippen LogP contribution in [0.2, 0.25) is 0 Å². The number of hydrogen-bond acceptors (Lipinski definition) is 5. The zero-order chi connectivity index (χ0) is 15.5. The predicted octanol–water partition coefficient (Wildman–Crippen LogP) is 1.45. The number of carbonyl (C=O) groups is 1. The van der Waals surface area contributed by atoms with Crippen molar-refractivity contribution < 1.29 is 18.3 Å². The molecule has 0 atom stereocenters. The van der Waals surface area contributed by atoms with Crippen LogP contribution in [0.5, 0.6) is 0 Å². The molecule has 1 heterocycles. The molecule has 0 saturated heterocycles. The van der Waals surface area contributed by atoms with E-state index in [1.165, 1.54) is 36.4 Å². The largest absolute Gasteiger partial charge is 0.478 e. The molecule has 0 radical (unpaired) electrons. The van der Waals surface area contributed by atoms with Crippen LogP contribution in [-0.4, -0.2) is 24.5 Å². The number of nitrogens with one attached hydrogen (secondary N) is 1. The smallest absolute Gasteiger partial charge is 0.337 e. The van der Waals surface area contributed by atoms with Crippen LogP contribution in [0.25, 0.3) is 0 Å². The van der Waals surface area contributed by atoms with Crippen molar-refractivity contribution in [2.24, 2.45) is 0 Å². The van der Waals surface area contributed by atoms with Crippen LogP contribution in [0.4, 0.5) is 5.82 Å². The van der Waals surface area contributed by atoms with Crippen molar-refractivity contribution in [3.05, 3.63) is 53.7 Å². The average molecular weight is 303 g/mol. The van der Waals surface area contributed by atoms with Crippen molar-refractivity contribution >= 4 is 21.8 Å². The first-order chi connectivity index (χ1) is 9.92. The summed E-state index contributed by atoms with van der Waals surface area (Å²) in [5.41, 5.74) is 0.163. The minimum absolute atomic E-state index is 0.0117. The molecule has 0 aliphatic rings. The second-order valence-electron chi connectivity index (χ2n) is 3.98. The Bertz CT molecular complexity index is 823. The molecule has 2 N–H and O–H groups in total. The standard InChI is InChI=1S/C13H9N3O4S/c14-7-9-2-1-3-11(6-9)21(19,20)16-12-5-4-10(8-15-12)13(17)18/h1-6,8H,(H,15,16)(H,17,18). The Balaban J connectivity index is 2.28. The molecule has 1 aromatic heterocycles. The topological polar surface area (TPSA) is 120 Å². The number of aromatic nitrogens is 1. The average Bonchev–Trinajstić information content (AvgIpc) is 2.47. The van der Waals surface area contributed by atoms with Crippen molar-refractivity contribution in [2.45, 2.75) is 4.90 Å². The molecule has 0 saturated carbocycles. The van der Waals surface area contributed by atoms with Crippen molar-refractivity contribution in [3.8, 4) is 6.07 Å². The molecule has 0 unspecified atom stereocenters. The van der Waals surface area contributed by atoms with Gasteiger partial charge in [0.05, 0.1) is 22.1 Å². The maximum atomic E-state index is 12.1. The van der Waals surface area contributed by atoms with E-state index < -0.39 is 16.0 Å². The molecule has 2 rings (SSSR count). The van der Waals surface area contributed by atoms with Crippen molar-refractivity contribution in [2.75, 3.05) is 4.72 Å². The van der Waals surface area contributed by atoms with Crippen LogP contribution < -0.4 is 4.72 Å². The van der Waals surface area contributed by atoms with Crippen LogP contribution in [0.1, 0.15) is 15.9 Å². The van der Waals surface area contributed by atoms with Gasteiger partial charge in [0.2, 0.25) is 0 Å². The minimum Gasteiger partial charge on any atom is -0.478 e. The Morgan fingerprint density at radius 1 is 1.29 bits per heavy atom. The van der Waals surface area contributed by atoms with Gasteiger partial charge in [0, 0.05) is 6.20 Å². The molecule has 106 valence electrons. The van der Waals surface area contributed by atoms with E-state index in [1.54, 1.807) is 0 Å². The third-order valence-electron chi connectivity index (χ3n) is 2.52. The molecule has 0 aliphatic carbocycles. The molecule has 8 heteroatoms. The van der Waals surface area contributed by atoms with Gasteiger partial charge in [-0.2, -0.15) is 5.26 Å². The number of rotatable bonds is 4. The van der Waals surface area contributed by atoms with E-state index in [0.717, 1.165) is 6.20 Å². The number of pyridine rings is 1. The maximum absolute atomic E-state index is 12.1. The molecule has 1 aromatic carbocycles. The fourth-order valence-corrected chi connectivity index (χ4v) is 2.56. The van der Waals surface area contributed by atoms with E-state index in [1.807, 2.05) is 6.07 Å². The highest BCUT2D eigenvalue weighted by atomic mass is 32.2. The Hall–Kier alpha value is -2.92. The molecular formula is C13H9N3O4S. The summed E-state index contributed by atoms with van der Waals surface area (Å²) >= 11 is 0. The van der Waals surface area contributed by atoms with Crippen molar-refractivity contribution in [1.82, 2.24) is 4.98 Å². The summed E-state index contributed by atoms with van der Waals surface area (Å²) in [6.07, 6.45) is 1.05. The summed E-state index contributed by atoms with van der Waals surface area (Å²) in [4.78, 5) is 14.3. The lowest BCUT2D eigenvalue weighted by atomic mass is 10.2. The SMILES string of the molecule is N#Cc1cccc(S(=O)(=O)Nc2ccc(C(=O)O)cn2)c1. The number of carboxylic acids is 1. The molecule has 0 bridgehead atoms. The third kappa shape index (κ3) is 3.34. The van der Waals surface area contributed by atoms with Crippen LogP contribution >= 0.6 is 0 Å². The summed E-state index contributed by atoms with van der Waals surface area (Å²) in [5.74, 6) is -1.17. The van der Waals surface area contributed by atoms with Crippen molar-refractivity contribution in [1.29, 1.82) is 5.26 Å². The number of nitriles is 1. The fourth-order valence-electron chi connectivity index (χ4n) is 1.51. The van der Waals surface area contributed by atoms with Gasteiger partial charge < -0.3 is 5.11 Å². The van der Waals surface area contributed by atoms with Gasteiger partial charge in [-0.25, -0.2) is 18.2 Å². The number of aromatic carboxylic acids is 1. The fraction of sp³-hybridized carbons (Fsp3) is 0.